The van der Waals surface area contributed by atoms with Crippen molar-refractivity contribution in [2.24, 2.45) is 7.05 Å². The molecule has 3 aromatic carbocycles. The Morgan fingerprint density at radius 2 is 1.85 bits per heavy atom. The molecule has 3 N–H and O–H groups in total. The zero-order chi connectivity index (χ0) is 28.1. The lowest BCUT2D eigenvalue weighted by Crippen LogP contribution is -2.22. The van der Waals surface area contributed by atoms with E-state index in [0.717, 1.165) is 53.7 Å². The topological polar surface area (TPSA) is 88.0 Å². The van der Waals surface area contributed by atoms with Gasteiger partial charge in [-0.25, -0.2) is 4.98 Å². The van der Waals surface area contributed by atoms with Crippen LogP contribution in [0.1, 0.15) is 59.7 Å². The molecule has 1 aliphatic rings. The molecular weight excluding hydrogens is 498 g/mol. The molecule has 0 bridgehead atoms. The van der Waals surface area contributed by atoms with Crippen molar-refractivity contribution >= 4 is 23.1 Å². The molecule has 1 fully saturated rings. The van der Waals surface area contributed by atoms with Crippen LogP contribution < -0.4 is 21.5 Å². The largest absolute Gasteiger partial charge is 0.336 e. The normalized spacial score (nSPS) is 12.8. The number of hydrogen-bond donors (Lipinski definition) is 3. The van der Waals surface area contributed by atoms with E-state index in [2.05, 4.69) is 28.9 Å². The molecule has 1 saturated carbocycles. The number of carbonyl (C=O) groups is 1. The highest BCUT2D eigenvalue weighted by molar-refractivity contribution is 6.06. The second-order valence-electron chi connectivity index (χ2n) is 10.6. The van der Waals surface area contributed by atoms with Crippen LogP contribution in [0.15, 0.2) is 77.7 Å². The molecule has 1 heterocycles. The lowest BCUT2D eigenvalue weighted by Gasteiger charge is -2.15. The van der Waals surface area contributed by atoms with Crippen molar-refractivity contribution in [1.82, 2.24) is 14.9 Å². The first-order valence-corrected chi connectivity index (χ1v) is 14.1. The lowest BCUT2D eigenvalue weighted by atomic mass is 10.0. The molecule has 0 unspecified atom stereocenters. The molecule has 7 nitrogen and oxygen atoms in total. The van der Waals surface area contributed by atoms with E-state index in [4.69, 9.17) is 4.98 Å². The SMILES string of the molecule is CCCCc1ccccc1C(=O)Nc1cccc(-c2cn(C)c(=O)c(Nc3cccc(CNC4CC4)c3)n2)c1C. The Hall–Kier alpha value is -4.23. The molecule has 5 rings (SSSR count). The number of amides is 1. The number of nitrogens with one attached hydrogen (secondary N) is 3. The average molecular weight is 536 g/mol. The highest BCUT2D eigenvalue weighted by Gasteiger charge is 2.20. The van der Waals surface area contributed by atoms with E-state index in [1.807, 2.05) is 67.6 Å². The molecule has 1 aromatic heterocycles. The van der Waals surface area contributed by atoms with Gasteiger partial charge in [-0.2, -0.15) is 0 Å². The molecule has 0 atom stereocenters. The summed E-state index contributed by atoms with van der Waals surface area (Å²) >= 11 is 0. The van der Waals surface area contributed by atoms with E-state index in [9.17, 15) is 9.59 Å². The van der Waals surface area contributed by atoms with Gasteiger partial charge < -0.3 is 20.5 Å². The highest BCUT2D eigenvalue weighted by Crippen LogP contribution is 2.29. The van der Waals surface area contributed by atoms with Crippen LogP contribution in [0.3, 0.4) is 0 Å². The van der Waals surface area contributed by atoms with E-state index < -0.39 is 0 Å². The first kappa shape index (κ1) is 27.3. The summed E-state index contributed by atoms with van der Waals surface area (Å²) in [7, 11) is 1.73. The second-order valence-corrected chi connectivity index (χ2v) is 10.6. The summed E-state index contributed by atoms with van der Waals surface area (Å²) in [6.07, 6.45) is 7.19. The Bertz CT molecular complexity index is 1570. The van der Waals surface area contributed by atoms with Crippen LogP contribution in [0.5, 0.6) is 0 Å². The summed E-state index contributed by atoms with van der Waals surface area (Å²) in [4.78, 5) is 31.0. The highest BCUT2D eigenvalue weighted by atomic mass is 16.1. The van der Waals surface area contributed by atoms with E-state index in [-0.39, 0.29) is 17.3 Å². The number of benzene rings is 3. The summed E-state index contributed by atoms with van der Waals surface area (Å²) < 4.78 is 1.54. The van der Waals surface area contributed by atoms with E-state index >= 15 is 0 Å². The van der Waals surface area contributed by atoms with Crippen molar-refractivity contribution in [3.63, 3.8) is 0 Å². The van der Waals surface area contributed by atoms with Gasteiger partial charge in [0.2, 0.25) is 0 Å². The maximum Gasteiger partial charge on any atom is 0.293 e. The number of aromatic nitrogens is 2. The second kappa shape index (κ2) is 12.3. The van der Waals surface area contributed by atoms with Crippen LogP contribution in [-0.4, -0.2) is 21.5 Å². The van der Waals surface area contributed by atoms with E-state index in [0.29, 0.717) is 23.0 Å². The number of rotatable bonds is 11. The maximum atomic E-state index is 13.3. The fraction of sp³-hybridized carbons (Fsp3) is 0.303. The molecule has 0 spiro atoms. The van der Waals surface area contributed by atoms with Crippen molar-refractivity contribution in [2.45, 2.75) is 58.5 Å². The minimum absolute atomic E-state index is 0.126. The lowest BCUT2D eigenvalue weighted by molar-refractivity contribution is 0.102. The summed E-state index contributed by atoms with van der Waals surface area (Å²) in [6, 6.07) is 22.2. The van der Waals surface area contributed by atoms with Gasteiger partial charge in [0, 0.05) is 48.3 Å². The first-order chi connectivity index (χ1) is 19.4. The smallest absolute Gasteiger partial charge is 0.293 e. The Labute approximate surface area is 235 Å². The van der Waals surface area contributed by atoms with Crippen LogP contribution in [0.4, 0.5) is 17.2 Å². The fourth-order valence-electron chi connectivity index (χ4n) is 4.83. The van der Waals surface area contributed by atoms with Crippen LogP contribution in [0, 0.1) is 6.92 Å². The minimum Gasteiger partial charge on any atom is -0.336 e. The van der Waals surface area contributed by atoms with Gasteiger partial charge >= 0.3 is 0 Å². The molecule has 0 saturated heterocycles. The first-order valence-electron chi connectivity index (χ1n) is 14.1. The third-order valence-corrected chi connectivity index (χ3v) is 7.35. The Balaban J connectivity index is 1.39. The molecule has 7 heteroatoms. The summed E-state index contributed by atoms with van der Waals surface area (Å²) in [6.45, 7) is 4.91. The van der Waals surface area contributed by atoms with Gasteiger partial charge in [-0.3, -0.25) is 9.59 Å². The van der Waals surface area contributed by atoms with Gasteiger partial charge in [-0.15, -0.1) is 0 Å². The third-order valence-electron chi connectivity index (χ3n) is 7.35. The van der Waals surface area contributed by atoms with Gasteiger partial charge in [0.05, 0.1) is 5.69 Å². The Kier molecular flexibility index (Phi) is 8.41. The van der Waals surface area contributed by atoms with E-state index in [1.54, 1.807) is 13.2 Å². The molecule has 4 aromatic rings. The van der Waals surface area contributed by atoms with Crippen LogP contribution in [0.2, 0.25) is 0 Å². The van der Waals surface area contributed by atoms with Crippen molar-refractivity contribution in [3.05, 3.63) is 106 Å². The number of anilines is 3. The van der Waals surface area contributed by atoms with Crippen LogP contribution in [-0.2, 0) is 20.0 Å². The average Bonchev–Trinajstić information content (AvgIpc) is 3.79. The van der Waals surface area contributed by atoms with Crippen molar-refractivity contribution in [1.29, 1.82) is 0 Å². The predicted octanol–water partition coefficient (Wildman–Crippen LogP) is 6.35. The number of hydrogen-bond acceptors (Lipinski definition) is 5. The van der Waals surface area contributed by atoms with Crippen molar-refractivity contribution in [3.8, 4) is 11.3 Å². The quantitative estimate of drug-likeness (QED) is 0.208. The molecule has 206 valence electrons. The van der Waals surface area contributed by atoms with Gasteiger partial charge in [-0.1, -0.05) is 55.8 Å². The molecular formula is C33H37N5O2. The maximum absolute atomic E-state index is 13.3. The van der Waals surface area contributed by atoms with Gasteiger partial charge in [0.25, 0.3) is 11.5 Å². The zero-order valence-electron chi connectivity index (χ0n) is 23.5. The summed E-state index contributed by atoms with van der Waals surface area (Å²) in [5.74, 6) is 0.129. The van der Waals surface area contributed by atoms with Gasteiger partial charge in [0.15, 0.2) is 5.82 Å². The molecule has 1 aliphatic carbocycles. The predicted molar refractivity (Wildman–Crippen MR) is 162 cm³/mol. The Morgan fingerprint density at radius 3 is 2.65 bits per heavy atom. The Morgan fingerprint density at radius 1 is 1.05 bits per heavy atom. The van der Waals surface area contributed by atoms with Crippen molar-refractivity contribution < 1.29 is 4.79 Å². The monoisotopic (exact) mass is 535 g/mol. The summed E-state index contributed by atoms with van der Waals surface area (Å²) in [5, 5.41) is 9.87. The number of aryl methyl sites for hydroxylation is 2. The van der Waals surface area contributed by atoms with Crippen LogP contribution >= 0.6 is 0 Å². The molecule has 40 heavy (non-hydrogen) atoms. The zero-order valence-corrected chi connectivity index (χ0v) is 23.5. The number of nitrogens with zero attached hydrogens (tertiary/aromatic N) is 2. The molecule has 0 radical (unpaired) electrons. The standard InChI is InChI=1S/C33H37N5O2/c1-4-5-11-24-12-6-7-14-28(24)32(39)37-29-16-9-15-27(22(29)2)30-21-38(3)33(40)31(36-30)35-26-13-8-10-23(19-26)20-34-25-17-18-25/h6-10,12-16,19,21,25,34H,4-5,11,17-18,20H2,1-3H3,(H,35,36)(H,37,39). The number of carbonyl (C=O) groups excluding carboxylic acids is 1. The molecule has 1 amide bonds. The van der Waals surface area contributed by atoms with Crippen LogP contribution in [0.25, 0.3) is 11.3 Å². The molecule has 0 aliphatic heterocycles. The summed E-state index contributed by atoms with van der Waals surface area (Å²) in [5.41, 5.74) is 6.60. The third kappa shape index (κ3) is 6.49. The fourth-order valence-corrected chi connectivity index (χ4v) is 4.83. The minimum atomic E-state index is -0.212. The number of unbranched alkanes of at least 4 members (excludes halogenated alkanes) is 1. The van der Waals surface area contributed by atoms with Gasteiger partial charge in [0.1, 0.15) is 0 Å². The van der Waals surface area contributed by atoms with Gasteiger partial charge in [-0.05, 0) is 73.6 Å². The van der Waals surface area contributed by atoms with E-state index in [1.165, 1.54) is 17.4 Å². The van der Waals surface area contributed by atoms with Crippen molar-refractivity contribution in [2.75, 3.05) is 10.6 Å².